The zero-order valence-electron chi connectivity index (χ0n) is 12.2. The molecule has 114 valence electrons. The lowest BCUT2D eigenvalue weighted by molar-refractivity contribution is -0.104. The Labute approximate surface area is 118 Å². The Morgan fingerprint density at radius 3 is 1.90 bits per heavy atom. The Hall–Kier alpha value is -1.54. The van der Waals surface area contributed by atoms with Crippen molar-refractivity contribution < 1.29 is 19.8 Å². The molecule has 4 amide bonds. The molecule has 2 rings (SSSR count). The van der Waals surface area contributed by atoms with E-state index in [-0.39, 0.29) is 36.8 Å². The molecule has 0 radical (unpaired) electrons. The summed E-state index contributed by atoms with van der Waals surface area (Å²) in [5.74, 6) is -0.0836. The summed E-state index contributed by atoms with van der Waals surface area (Å²) in [4.78, 5) is 30.1. The molecule has 0 aliphatic carbocycles. The van der Waals surface area contributed by atoms with Gasteiger partial charge in [-0.3, -0.25) is 9.80 Å². The van der Waals surface area contributed by atoms with Gasteiger partial charge in [-0.2, -0.15) is 0 Å². The van der Waals surface area contributed by atoms with E-state index in [1.807, 2.05) is 13.8 Å². The van der Waals surface area contributed by atoms with Crippen LogP contribution in [0.25, 0.3) is 0 Å². The van der Waals surface area contributed by atoms with Crippen molar-refractivity contribution >= 4 is 12.1 Å². The number of fused-ring (bicyclic) bond motifs is 1. The standard InChI is InChI=1S/C12H22N4O4/c1-7-9-8(2)15(5-17)12(20)14(4)10(9)16(6-18)11(19)13(7)3/h7-10,17-18H,5-6H2,1-4H3/t7-,8-,9+,10-/m0/s1. The lowest BCUT2D eigenvalue weighted by Gasteiger charge is -2.57. The summed E-state index contributed by atoms with van der Waals surface area (Å²) < 4.78 is 0. The van der Waals surface area contributed by atoms with Crippen LogP contribution in [-0.4, -0.2) is 87.7 Å². The lowest BCUT2D eigenvalue weighted by Crippen LogP contribution is -2.75. The highest BCUT2D eigenvalue weighted by molar-refractivity contribution is 5.80. The number of hydrogen-bond acceptors (Lipinski definition) is 4. The Bertz CT molecular complexity index is 418. The van der Waals surface area contributed by atoms with Crippen LogP contribution in [0.2, 0.25) is 0 Å². The van der Waals surface area contributed by atoms with Crippen LogP contribution in [0.5, 0.6) is 0 Å². The van der Waals surface area contributed by atoms with Gasteiger partial charge >= 0.3 is 12.1 Å². The largest absolute Gasteiger partial charge is 0.376 e. The van der Waals surface area contributed by atoms with Crippen molar-refractivity contribution in [3.63, 3.8) is 0 Å². The van der Waals surface area contributed by atoms with Crippen molar-refractivity contribution in [3.8, 4) is 0 Å². The molecule has 2 aliphatic heterocycles. The van der Waals surface area contributed by atoms with Gasteiger partial charge in [0.25, 0.3) is 0 Å². The smallest absolute Gasteiger partial charge is 0.323 e. The molecular weight excluding hydrogens is 264 g/mol. The molecule has 2 aliphatic rings. The van der Waals surface area contributed by atoms with Gasteiger partial charge in [-0.05, 0) is 13.8 Å². The summed E-state index contributed by atoms with van der Waals surface area (Å²) in [7, 11) is 3.26. The fraction of sp³-hybridized carbons (Fsp3) is 0.833. The highest BCUT2D eigenvalue weighted by Crippen LogP contribution is 2.36. The monoisotopic (exact) mass is 286 g/mol. The van der Waals surface area contributed by atoms with Gasteiger partial charge in [-0.1, -0.05) is 0 Å². The number of nitrogens with zero attached hydrogens (tertiary/aromatic N) is 4. The van der Waals surface area contributed by atoms with E-state index >= 15 is 0 Å². The summed E-state index contributed by atoms with van der Waals surface area (Å²) >= 11 is 0. The van der Waals surface area contributed by atoms with Crippen molar-refractivity contribution in [1.82, 2.24) is 19.6 Å². The van der Waals surface area contributed by atoms with E-state index in [1.165, 1.54) is 14.7 Å². The average Bonchev–Trinajstić information content (AvgIpc) is 2.42. The second kappa shape index (κ2) is 5.10. The van der Waals surface area contributed by atoms with Crippen LogP contribution in [0.3, 0.4) is 0 Å². The first-order chi connectivity index (χ1) is 9.36. The van der Waals surface area contributed by atoms with Gasteiger partial charge in [0.1, 0.15) is 19.6 Å². The van der Waals surface area contributed by atoms with Gasteiger partial charge in [0, 0.05) is 32.1 Å². The predicted octanol–water partition coefficient (Wildman–Crippen LogP) is -0.660. The van der Waals surface area contributed by atoms with Crippen LogP contribution < -0.4 is 0 Å². The number of rotatable bonds is 2. The van der Waals surface area contributed by atoms with Gasteiger partial charge < -0.3 is 20.0 Å². The van der Waals surface area contributed by atoms with E-state index in [0.717, 1.165) is 0 Å². The van der Waals surface area contributed by atoms with Crippen LogP contribution in [0.4, 0.5) is 9.59 Å². The molecule has 2 heterocycles. The van der Waals surface area contributed by atoms with E-state index < -0.39 is 12.9 Å². The normalized spacial score (nSPS) is 34.7. The summed E-state index contributed by atoms with van der Waals surface area (Å²) in [6.07, 6.45) is -0.496. The number of aliphatic hydroxyl groups excluding tert-OH is 2. The third-order valence-electron chi connectivity index (χ3n) is 4.68. The Kier molecular flexibility index (Phi) is 3.79. The van der Waals surface area contributed by atoms with Crippen LogP contribution in [-0.2, 0) is 0 Å². The van der Waals surface area contributed by atoms with E-state index in [2.05, 4.69) is 0 Å². The van der Waals surface area contributed by atoms with Crippen LogP contribution in [0.15, 0.2) is 0 Å². The van der Waals surface area contributed by atoms with Crippen LogP contribution in [0.1, 0.15) is 13.8 Å². The lowest BCUT2D eigenvalue weighted by atomic mass is 9.84. The third kappa shape index (κ3) is 1.82. The zero-order valence-corrected chi connectivity index (χ0v) is 12.2. The van der Waals surface area contributed by atoms with E-state index in [9.17, 15) is 19.8 Å². The Morgan fingerprint density at radius 2 is 1.40 bits per heavy atom. The summed E-state index contributed by atoms with van der Waals surface area (Å²) in [6.45, 7) is 2.96. The summed E-state index contributed by atoms with van der Waals surface area (Å²) in [5.41, 5.74) is 0. The molecule has 0 aromatic rings. The second-order valence-electron chi connectivity index (χ2n) is 5.48. The van der Waals surface area contributed by atoms with Crippen molar-refractivity contribution in [2.24, 2.45) is 5.92 Å². The van der Waals surface area contributed by atoms with Crippen molar-refractivity contribution in [2.75, 3.05) is 27.6 Å². The molecule has 0 aromatic carbocycles. The van der Waals surface area contributed by atoms with Gasteiger partial charge in [-0.25, -0.2) is 9.59 Å². The molecule has 8 nitrogen and oxygen atoms in total. The van der Waals surface area contributed by atoms with E-state index in [0.29, 0.717) is 0 Å². The number of amides is 4. The van der Waals surface area contributed by atoms with Crippen LogP contribution in [0, 0.1) is 5.92 Å². The second-order valence-corrected chi connectivity index (χ2v) is 5.48. The SMILES string of the molecule is C[C@H]1[C@@H]2[C@H](C)N(CO)C(=O)N(C)[C@H]2N(CO)C(=O)N1C. The molecule has 8 heteroatoms. The predicted molar refractivity (Wildman–Crippen MR) is 70.4 cm³/mol. The maximum Gasteiger partial charge on any atom is 0.323 e. The van der Waals surface area contributed by atoms with Crippen LogP contribution >= 0.6 is 0 Å². The fourth-order valence-electron chi connectivity index (χ4n) is 3.36. The molecule has 2 N–H and O–H groups in total. The summed E-state index contributed by atoms with van der Waals surface area (Å²) in [6, 6.07) is -0.974. The number of carbonyl (C=O) groups excluding carboxylic acids is 2. The molecule has 2 fully saturated rings. The molecule has 2 saturated heterocycles. The fourth-order valence-corrected chi connectivity index (χ4v) is 3.36. The number of aliphatic hydroxyl groups is 2. The minimum Gasteiger partial charge on any atom is -0.376 e. The van der Waals surface area contributed by atoms with E-state index in [1.54, 1.807) is 19.0 Å². The van der Waals surface area contributed by atoms with Gasteiger partial charge in [-0.15, -0.1) is 0 Å². The molecular formula is C12H22N4O4. The highest BCUT2D eigenvalue weighted by atomic mass is 16.3. The van der Waals surface area contributed by atoms with Gasteiger partial charge in [0.05, 0.1) is 0 Å². The minimum atomic E-state index is -0.496. The topological polar surface area (TPSA) is 87.6 Å². The maximum atomic E-state index is 12.2. The zero-order chi connectivity index (χ0) is 15.2. The highest BCUT2D eigenvalue weighted by Gasteiger charge is 2.53. The molecule has 0 bridgehead atoms. The first-order valence-electron chi connectivity index (χ1n) is 6.65. The first-order valence-corrected chi connectivity index (χ1v) is 6.65. The molecule has 0 unspecified atom stereocenters. The molecule has 0 saturated carbocycles. The number of carbonyl (C=O) groups is 2. The van der Waals surface area contributed by atoms with Crippen molar-refractivity contribution in [1.29, 1.82) is 0 Å². The Balaban J connectivity index is 2.45. The van der Waals surface area contributed by atoms with Gasteiger partial charge in [0.2, 0.25) is 0 Å². The first kappa shape index (κ1) is 14.9. The molecule has 20 heavy (non-hydrogen) atoms. The van der Waals surface area contributed by atoms with Crippen molar-refractivity contribution in [3.05, 3.63) is 0 Å². The third-order valence-corrected chi connectivity index (χ3v) is 4.68. The molecule has 0 aromatic heterocycles. The Morgan fingerprint density at radius 1 is 0.900 bits per heavy atom. The number of urea groups is 2. The van der Waals surface area contributed by atoms with Crippen molar-refractivity contribution in [2.45, 2.75) is 32.1 Å². The summed E-state index contributed by atoms with van der Waals surface area (Å²) in [5, 5.41) is 18.9. The quantitative estimate of drug-likeness (QED) is 0.705. The molecule has 0 spiro atoms. The minimum absolute atomic E-state index is 0.0836. The van der Waals surface area contributed by atoms with E-state index in [4.69, 9.17) is 0 Å². The molecule has 4 atom stereocenters. The maximum absolute atomic E-state index is 12.2. The number of hydrogen-bond donors (Lipinski definition) is 2. The average molecular weight is 286 g/mol. The van der Waals surface area contributed by atoms with Gasteiger partial charge in [0.15, 0.2) is 0 Å².